The highest BCUT2D eigenvalue weighted by Crippen LogP contribution is 2.40. The molecule has 2 aromatic rings. The number of ether oxygens (including phenoxy) is 1. The van der Waals surface area contributed by atoms with Gasteiger partial charge in [0.1, 0.15) is 5.84 Å². The standard InChI is InChI=1S/C19H20N2O2.ClH/c1-23-18(22)12-11-16-15-9-5-6-10-17(15)21(19(16)20)13-14-7-3-2-4-8-14;/h2-10,16,20H,11-13H2,1H3;1H. The lowest BCUT2D eigenvalue weighted by Gasteiger charge is -2.20. The van der Waals surface area contributed by atoms with Gasteiger partial charge in [-0.05, 0) is 23.6 Å². The zero-order chi connectivity index (χ0) is 16.2. The van der Waals surface area contributed by atoms with Crippen LogP contribution in [0.5, 0.6) is 0 Å². The first-order valence-corrected chi connectivity index (χ1v) is 7.76. The third kappa shape index (κ3) is 3.60. The van der Waals surface area contributed by atoms with Gasteiger partial charge >= 0.3 is 5.97 Å². The van der Waals surface area contributed by atoms with Gasteiger partial charge in [-0.2, -0.15) is 0 Å². The molecule has 0 fully saturated rings. The Labute approximate surface area is 148 Å². The molecule has 0 saturated carbocycles. The first-order chi connectivity index (χ1) is 11.2. The van der Waals surface area contributed by atoms with Gasteiger partial charge < -0.3 is 9.64 Å². The molecule has 0 aromatic heterocycles. The van der Waals surface area contributed by atoms with E-state index in [1.807, 2.05) is 41.3 Å². The molecular weight excluding hydrogens is 324 g/mol. The number of carbonyl (C=O) groups excluding carboxylic acids is 1. The number of fused-ring (bicyclic) bond motifs is 1. The van der Waals surface area contributed by atoms with Crippen molar-refractivity contribution in [1.82, 2.24) is 0 Å². The Morgan fingerprint density at radius 1 is 1.12 bits per heavy atom. The molecule has 0 aliphatic carbocycles. The molecule has 0 spiro atoms. The van der Waals surface area contributed by atoms with Crippen molar-refractivity contribution in [3.8, 4) is 0 Å². The maximum absolute atomic E-state index is 11.5. The summed E-state index contributed by atoms with van der Waals surface area (Å²) in [7, 11) is 1.40. The van der Waals surface area contributed by atoms with Crippen LogP contribution in [0, 0.1) is 5.41 Å². The van der Waals surface area contributed by atoms with E-state index in [9.17, 15) is 4.79 Å². The van der Waals surface area contributed by atoms with Gasteiger partial charge in [0.2, 0.25) is 0 Å². The highest BCUT2D eigenvalue weighted by atomic mass is 35.5. The molecule has 1 heterocycles. The lowest BCUT2D eigenvalue weighted by Crippen LogP contribution is -2.27. The maximum Gasteiger partial charge on any atom is 0.305 e. The van der Waals surface area contributed by atoms with Crippen LogP contribution in [0.4, 0.5) is 5.69 Å². The summed E-state index contributed by atoms with van der Waals surface area (Å²) < 4.78 is 4.73. The minimum absolute atomic E-state index is 0. The number of benzene rings is 2. The van der Waals surface area contributed by atoms with Crippen molar-refractivity contribution in [2.24, 2.45) is 0 Å². The zero-order valence-electron chi connectivity index (χ0n) is 13.6. The van der Waals surface area contributed by atoms with Crippen LogP contribution in [0.1, 0.15) is 29.9 Å². The Hall–Kier alpha value is -2.33. The quantitative estimate of drug-likeness (QED) is 0.829. The fourth-order valence-corrected chi connectivity index (χ4v) is 3.09. The van der Waals surface area contributed by atoms with Crippen LogP contribution in [0.25, 0.3) is 0 Å². The van der Waals surface area contributed by atoms with Gasteiger partial charge in [0.25, 0.3) is 0 Å². The Bertz CT molecular complexity index is 718. The molecule has 1 N–H and O–H groups in total. The average Bonchev–Trinajstić information content (AvgIpc) is 2.86. The summed E-state index contributed by atoms with van der Waals surface area (Å²) in [4.78, 5) is 13.5. The van der Waals surface area contributed by atoms with E-state index in [4.69, 9.17) is 10.1 Å². The van der Waals surface area contributed by atoms with Crippen molar-refractivity contribution in [1.29, 1.82) is 5.41 Å². The van der Waals surface area contributed by atoms with Gasteiger partial charge in [-0.1, -0.05) is 48.5 Å². The molecule has 1 aliphatic heterocycles. The highest BCUT2D eigenvalue weighted by molar-refractivity contribution is 6.06. The number of rotatable bonds is 5. The molecule has 4 nitrogen and oxygen atoms in total. The second-order valence-electron chi connectivity index (χ2n) is 5.68. The molecule has 0 bridgehead atoms. The summed E-state index contributed by atoms with van der Waals surface area (Å²) in [5.74, 6) is 0.282. The lowest BCUT2D eigenvalue weighted by molar-refractivity contribution is -0.140. The van der Waals surface area contributed by atoms with Gasteiger partial charge in [0.15, 0.2) is 0 Å². The highest BCUT2D eigenvalue weighted by Gasteiger charge is 2.33. The van der Waals surface area contributed by atoms with Gasteiger partial charge in [-0.3, -0.25) is 10.2 Å². The number of nitrogens with one attached hydrogen (secondary N) is 1. The first-order valence-electron chi connectivity index (χ1n) is 7.76. The molecular formula is C19H21ClN2O2. The molecule has 2 aromatic carbocycles. The molecule has 1 atom stereocenters. The number of esters is 1. The number of halogens is 1. The Morgan fingerprint density at radius 3 is 2.50 bits per heavy atom. The zero-order valence-corrected chi connectivity index (χ0v) is 14.4. The fourth-order valence-electron chi connectivity index (χ4n) is 3.09. The van der Waals surface area contributed by atoms with E-state index >= 15 is 0 Å². The van der Waals surface area contributed by atoms with Crippen molar-refractivity contribution in [2.45, 2.75) is 25.3 Å². The second-order valence-corrected chi connectivity index (χ2v) is 5.68. The van der Waals surface area contributed by atoms with Crippen molar-refractivity contribution in [2.75, 3.05) is 12.0 Å². The fraction of sp³-hybridized carbons (Fsp3) is 0.263. The Balaban J connectivity index is 0.00000208. The molecule has 0 radical (unpaired) electrons. The number of hydrogen-bond donors (Lipinski definition) is 1. The van der Waals surface area contributed by atoms with Crippen molar-refractivity contribution >= 4 is 29.9 Å². The van der Waals surface area contributed by atoms with Gasteiger partial charge in [-0.15, -0.1) is 12.4 Å². The molecule has 1 unspecified atom stereocenters. The monoisotopic (exact) mass is 344 g/mol. The van der Waals surface area contributed by atoms with E-state index in [-0.39, 0.29) is 24.3 Å². The van der Waals surface area contributed by atoms with Gasteiger partial charge in [-0.25, -0.2) is 0 Å². The summed E-state index contributed by atoms with van der Waals surface area (Å²) in [6.07, 6.45) is 0.935. The van der Waals surface area contributed by atoms with Crippen LogP contribution >= 0.6 is 12.4 Å². The number of methoxy groups -OCH3 is 1. The van der Waals surface area contributed by atoms with Crippen molar-refractivity contribution in [3.05, 3.63) is 65.7 Å². The van der Waals surface area contributed by atoms with Crippen LogP contribution in [-0.4, -0.2) is 18.9 Å². The summed E-state index contributed by atoms with van der Waals surface area (Å²) >= 11 is 0. The number of amidine groups is 1. The molecule has 1 aliphatic rings. The summed E-state index contributed by atoms with van der Waals surface area (Å²) in [6, 6.07) is 18.2. The number of nitrogens with zero attached hydrogens (tertiary/aromatic N) is 1. The normalized spacial score (nSPS) is 15.6. The number of carbonyl (C=O) groups is 1. The molecule has 0 saturated heterocycles. The van der Waals surface area contributed by atoms with Crippen LogP contribution in [-0.2, 0) is 16.1 Å². The van der Waals surface area contributed by atoms with E-state index in [1.165, 1.54) is 12.7 Å². The van der Waals surface area contributed by atoms with Crippen LogP contribution in [0.15, 0.2) is 54.6 Å². The molecule has 24 heavy (non-hydrogen) atoms. The maximum atomic E-state index is 11.5. The van der Waals surface area contributed by atoms with E-state index in [0.717, 1.165) is 11.3 Å². The molecule has 3 rings (SSSR count). The van der Waals surface area contributed by atoms with E-state index in [1.54, 1.807) is 0 Å². The molecule has 126 valence electrons. The Kier molecular flexibility index (Phi) is 5.99. The van der Waals surface area contributed by atoms with Gasteiger partial charge in [0, 0.05) is 24.6 Å². The number of hydrogen-bond acceptors (Lipinski definition) is 3. The second kappa shape index (κ2) is 7.97. The Morgan fingerprint density at radius 2 is 1.79 bits per heavy atom. The minimum atomic E-state index is -0.225. The number of para-hydroxylation sites is 1. The van der Waals surface area contributed by atoms with E-state index < -0.39 is 0 Å². The molecule has 5 heteroatoms. The lowest BCUT2D eigenvalue weighted by atomic mass is 9.95. The van der Waals surface area contributed by atoms with Crippen molar-refractivity contribution in [3.63, 3.8) is 0 Å². The average molecular weight is 345 g/mol. The van der Waals surface area contributed by atoms with E-state index in [2.05, 4.69) is 18.2 Å². The van der Waals surface area contributed by atoms with Crippen LogP contribution < -0.4 is 4.90 Å². The van der Waals surface area contributed by atoms with Gasteiger partial charge in [0.05, 0.1) is 7.11 Å². The summed E-state index contributed by atoms with van der Waals surface area (Å²) in [5, 5.41) is 8.57. The molecule has 0 amide bonds. The third-order valence-electron chi connectivity index (χ3n) is 4.27. The smallest absolute Gasteiger partial charge is 0.305 e. The third-order valence-corrected chi connectivity index (χ3v) is 4.27. The predicted molar refractivity (Wildman–Crippen MR) is 98.0 cm³/mol. The predicted octanol–water partition coefficient (Wildman–Crippen LogP) is 4.14. The minimum Gasteiger partial charge on any atom is -0.469 e. The van der Waals surface area contributed by atoms with E-state index in [0.29, 0.717) is 25.2 Å². The SMILES string of the molecule is COC(=O)CCC1C(=N)N(Cc2ccccc2)c2ccccc21.Cl. The largest absolute Gasteiger partial charge is 0.469 e. The van der Waals surface area contributed by atoms with Crippen LogP contribution in [0.2, 0.25) is 0 Å². The number of anilines is 1. The van der Waals surface area contributed by atoms with Crippen molar-refractivity contribution < 1.29 is 9.53 Å². The topological polar surface area (TPSA) is 53.4 Å². The summed E-state index contributed by atoms with van der Waals surface area (Å²) in [6.45, 7) is 0.672. The first kappa shape index (κ1) is 18.0. The van der Waals surface area contributed by atoms with Crippen LogP contribution in [0.3, 0.4) is 0 Å². The summed E-state index contributed by atoms with van der Waals surface area (Å²) in [5.41, 5.74) is 3.36.